The quantitative estimate of drug-likeness (QED) is 0.593. The Morgan fingerprint density at radius 3 is 3.22 bits per heavy atom. The summed E-state index contributed by atoms with van der Waals surface area (Å²) in [5, 5.41) is 0. The zero-order chi connectivity index (χ0) is 12.8. The van der Waals surface area contributed by atoms with E-state index in [0.717, 1.165) is 31.4 Å². The molecule has 0 radical (unpaired) electrons. The maximum Gasteiger partial charge on any atom is 0.217 e. The molecule has 1 aromatic rings. The fourth-order valence-electron chi connectivity index (χ4n) is 2.39. The van der Waals surface area contributed by atoms with Gasteiger partial charge in [0, 0.05) is 18.4 Å². The highest BCUT2D eigenvalue weighted by Gasteiger charge is 2.20. The third-order valence-electron chi connectivity index (χ3n) is 3.37. The maximum atomic E-state index is 5.64. The number of nitrogens with zero attached hydrogens (tertiary/aromatic N) is 1. The Balaban J connectivity index is 1.98. The predicted molar refractivity (Wildman–Crippen MR) is 69.1 cm³/mol. The molecule has 1 fully saturated rings. The minimum Gasteiger partial charge on any atom is -0.481 e. The molecule has 5 nitrogen and oxygen atoms in total. The van der Waals surface area contributed by atoms with Crippen molar-refractivity contribution in [3.8, 4) is 5.88 Å². The molecule has 2 heterocycles. The first-order valence-corrected chi connectivity index (χ1v) is 6.41. The van der Waals surface area contributed by atoms with Gasteiger partial charge in [0.05, 0.1) is 19.3 Å². The van der Waals surface area contributed by atoms with Crippen molar-refractivity contribution in [2.75, 3.05) is 13.7 Å². The lowest BCUT2D eigenvalue weighted by Gasteiger charge is -2.19. The molecule has 1 aliphatic heterocycles. The van der Waals surface area contributed by atoms with Crippen LogP contribution in [0.15, 0.2) is 18.3 Å². The third-order valence-corrected chi connectivity index (χ3v) is 3.37. The van der Waals surface area contributed by atoms with Gasteiger partial charge in [0.15, 0.2) is 0 Å². The molecule has 1 aromatic heterocycles. The molecule has 1 aliphatic rings. The molecule has 2 rings (SSSR count). The molecule has 0 amide bonds. The number of hydrogen-bond donors (Lipinski definition) is 2. The van der Waals surface area contributed by atoms with Crippen molar-refractivity contribution >= 4 is 0 Å². The number of hydrazine groups is 1. The molecule has 0 bridgehead atoms. The summed E-state index contributed by atoms with van der Waals surface area (Å²) in [4.78, 5) is 4.20. The highest BCUT2D eigenvalue weighted by atomic mass is 16.5. The summed E-state index contributed by atoms with van der Waals surface area (Å²) in [7, 11) is 1.62. The molecule has 100 valence electrons. The van der Waals surface area contributed by atoms with Crippen molar-refractivity contribution in [3.05, 3.63) is 23.9 Å². The summed E-state index contributed by atoms with van der Waals surface area (Å²) >= 11 is 0. The van der Waals surface area contributed by atoms with Gasteiger partial charge in [-0.2, -0.15) is 0 Å². The Kier molecular flexibility index (Phi) is 4.92. The van der Waals surface area contributed by atoms with E-state index in [1.165, 1.54) is 6.42 Å². The van der Waals surface area contributed by atoms with E-state index >= 15 is 0 Å². The molecule has 0 aromatic carbocycles. The molecular formula is C13H21N3O2. The molecule has 5 heteroatoms. The summed E-state index contributed by atoms with van der Waals surface area (Å²) in [6, 6.07) is 3.94. The van der Waals surface area contributed by atoms with Crippen molar-refractivity contribution in [1.29, 1.82) is 0 Å². The number of nitrogens with two attached hydrogens (primary N) is 1. The first-order valence-electron chi connectivity index (χ1n) is 6.41. The predicted octanol–water partition coefficient (Wildman–Crippen LogP) is 1.55. The van der Waals surface area contributed by atoms with Gasteiger partial charge in [-0.3, -0.25) is 11.3 Å². The van der Waals surface area contributed by atoms with Crippen molar-refractivity contribution in [3.63, 3.8) is 0 Å². The smallest absolute Gasteiger partial charge is 0.217 e. The van der Waals surface area contributed by atoms with E-state index in [1.54, 1.807) is 13.3 Å². The van der Waals surface area contributed by atoms with Gasteiger partial charge in [-0.25, -0.2) is 4.98 Å². The second-order valence-corrected chi connectivity index (χ2v) is 4.53. The Hall–Kier alpha value is -1.17. The van der Waals surface area contributed by atoms with Crippen LogP contribution >= 0.6 is 0 Å². The van der Waals surface area contributed by atoms with Gasteiger partial charge in [0.1, 0.15) is 0 Å². The van der Waals surface area contributed by atoms with E-state index in [4.69, 9.17) is 15.3 Å². The van der Waals surface area contributed by atoms with Gasteiger partial charge in [0.25, 0.3) is 0 Å². The summed E-state index contributed by atoms with van der Waals surface area (Å²) in [6.07, 6.45) is 6.35. The average molecular weight is 251 g/mol. The summed E-state index contributed by atoms with van der Waals surface area (Å²) in [5.41, 5.74) is 3.84. The summed E-state index contributed by atoms with van der Waals surface area (Å²) in [5.74, 6) is 6.27. The molecule has 2 atom stereocenters. The zero-order valence-electron chi connectivity index (χ0n) is 10.8. The van der Waals surface area contributed by atoms with Crippen molar-refractivity contribution < 1.29 is 9.47 Å². The van der Waals surface area contributed by atoms with Crippen LogP contribution in [0.2, 0.25) is 0 Å². The lowest BCUT2D eigenvalue weighted by atomic mass is 10.0. The standard InChI is InChI=1S/C13H21N3O2/c1-17-13-11(5-2-8-15-13)12(16-14)7-6-10-4-3-9-18-10/h2,5,8,10,12,16H,3-4,6-7,9,14H2,1H3. The Labute approximate surface area is 108 Å². The van der Waals surface area contributed by atoms with Crippen LogP contribution in [0, 0.1) is 0 Å². The van der Waals surface area contributed by atoms with Crippen LogP contribution < -0.4 is 16.0 Å². The maximum absolute atomic E-state index is 5.64. The van der Waals surface area contributed by atoms with Crippen molar-refractivity contribution in [1.82, 2.24) is 10.4 Å². The number of ether oxygens (including phenoxy) is 2. The molecule has 1 saturated heterocycles. The minimum absolute atomic E-state index is 0.0536. The Morgan fingerprint density at radius 1 is 1.67 bits per heavy atom. The lowest BCUT2D eigenvalue weighted by Crippen LogP contribution is -2.29. The van der Waals surface area contributed by atoms with Crippen LogP contribution in [0.1, 0.15) is 37.3 Å². The number of rotatable bonds is 6. The highest BCUT2D eigenvalue weighted by molar-refractivity contribution is 5.28. The molecule has 18 heavy (non-hydrogen) atoms. The molecule has 0 aliphatic carbocycles. The largest absolute Gasteiger partial charge is 0.481 e. The molecule has 0 saturated carbocycles. The van der Waals surface area contributed by atoms with Crippen LogP contribution in [0.5, 0.6) is 5.88 Å². The van der Waals surface area contributed by atoms with Crippen LogP contribution in [0.25, 0.3) is 0 Å². The van der Waals surface area contributed by atoms with Crippen molar-refractivity contribution in [2.45, 2.75) is 37.8 Å². The normalized spacial score (nSPS) is 20.9. The third kappa shape index (κ3) is 3.19. The second-order valence-electron chi connectivity index (χ2n) is 4.53. The molecule has 0 spiro atoms. The average Bonchev–Trinajstić information content (AvgIpc) is 2.93. The van der Waals surface area contributed by atoms with Gasteiger partial charge >= 0.3 is 0 Å². The number of pyridine rings is 1. The van der Waals surface area contributed by atoms with Crippen LogP contribution in [0.4, 0.5) is 0 Å². The molecule has 3 N–H and O–H groups in total. The molecular weight excluding hydrogens is 230 g/mol. The second kappa shape index (κ2) is 6.68. The molecule has 2 unspecified atom stereocenters. The fourth-order valence-corrected chi connectivity index (χ4v) is 2.39. The monoisotopic (exact) mass is 251 g/mol. The van der Waals surface area contributed by atoms with Gasteiger partial charge in [0.2, 0.25) is 5.88 Å². The lowest BCUT2D eigenvalue weighted by molar-refractivity contribution is 0.0995. The van der Waals surface area contributed by atoms with E-state index in [-0.39, 0.29) is 6.04 Å². The number of hydrogen-bond acceptors (Lipinski definition) is 5. The Morgan fingerprint density at radius 2 is 2.56 bits per heavy atom. The van der Waals surface area contributed by atoms with E-state index < -0.39 is 0 Å². The van der Waals surface area contributed by atoms with Gasteiger partial charge < -0.3 is 9.47 Å². The Bertz CT molecular complexity index is 367. The van der Waals surface area contributed by atoms with Crippen molar-refractivity contribution in [2.24, 2.45) is 5.84 Å². The van der Waals surface area contributed by atoms with E-state index in [0.29, 0.717) is 12.0 Å². The topological polar surface area (TPSA) is 69.4 Å². The van der Waals surface area contributed by atoms with Crippen LogP contribution in [-0.2, 0) is 4.74 Å². The first-order chi connectivity index (χ1) is 8.85. The number of nitrogens with one attached hydrogen (secondary N) is 1. The van der Waals surface area contributed by atoms with Gasteiger partial charge in [-0.1, -0.05) is 6.07 Å². The number of methoxy groups -OCH3 is 1. The highest BCUT2D eigenvalue weighted by Crippen LogP contribution is 2.27. The zero-order valence-corrected chi connectivity index (χ0v) is 10.8. The number of aromatic nitrogens is 1. The van der Waals surface area contributed by atoms with E-state index in [2.05, 4.69) is 10.4 Å². The SMILES string of the molecule is COc1ncccc1C(CCC1CCCO1)NN. The fraction of sp³-hybridized carbons (Fsp3) is 0.615. The van der Waals surface area contributed by atoms with Crippen LogP contribution in [-0.4, -0.2) is 24.8 Å². The van der Waals surface area contributed by atoms with Gasteiger partial charge in [-0.15, -0.1) is 0 Å². The first kappa shape index (κ1) is 13.3. The van der Waals surface area contributed by atoms with E-state index in [9.17, 15) is 0 Å². The minimum atomic E-state index is 0.0536. The van der Waals surface area contributed by atoms with Gasteiger partial charge in [-0.05, 0) is 31.7 Å². The van der Waals surface area contributed by atoms with Crippen LogP contribution in [0.3, 0.4) is 0 Å². The summed E-state index contributed by atoms with van der Waals surface area (Å²) in [6.45, 7) is 0.890. The summed E-state index contributed by atoms with van der Waals surface area (Å²) < 4.78 is 10.9. The van der Waals surface area contributed by atoms with E-state index in [1.807, 2.05) is 12.1 Å².